The highest BCUT2D eigenvalue weighted by Gasteiger charge is 2.36. The van der Waals surface area contributed by atoms with Crippen molar-refractivity contribution >= 4 is 5.97 Å². The second-order valence-electron chi connectivity index (χ2n) is 3.74. The molecule has 0 aromatic carbocycles. The fraction of sp³-hybridized carbons (Fsp3) is 0.889. The molecule has 90 valence electrons. The van der Waals surface area contributed by atoms with Crippen LogP contribution in [0.5, 0.6) is 0 Å². The van der Waals surface area contributed by atoms with Crippen molar-refractivity contribution in [2.45, 2.75) is 26.1 Å². The van der Waals surface area contributed by atoms with E-state index in [-0.39, 0.29) is 5.92 Å². The standard InChI is InChI=1S/C9H16F3NO2/c1-6(2)7(8(14)15-4)13(3)5-9(10,11)12/h6-7H,5H2,1-4H3/t7-/m0/s1. The third kappa shape index (κ3) is 5.01. The summed E-state index contributed by atoms with van der Waals surface area (Å²) in [6.07, 6.45) is -4.31. The Morgan fingerprint density at radius 3 is 2.13 bits per heavy atom. The van der Waals surface area contributed by atoms with Gasteiger partial charge in [0.1, 0.15) is 6.04 Å². The molecule has 0 spiro atoms. The highest BCUT2D eigenvalue weighted by atomic mass is 19.4. The molecule has 0 aliphatic carbocycles. The number of carbonyl (C=O) groups excluding carboxylic acids is 1. The second kappa shape index (κ2) is 5.34. The van der Waals surface area contributed by atoms with Gasteiger partial charge in [0.05, 0.1) is 13.7 Å². The van der Waals surface area contributed by atoms with Crippen molar-refractivity contribution in [2.24, 2.45) is 5.92 Å². The molecule has 0 radical (unpaired) electrons. The maximum atomic E-state index is 12.1. The van der Waals surface area contributed by atoms with Gasteiger partial charge in [0.2, 0.25) is 0 Å². The van der Waals surface area contributed by atoms with Crippen molar-refractivity contribution in [2.75, 3.05) is 20.7 Å². The Labute approximate surface area is 87.2 Å². The van der Waals surface area contributed by atoms with Crippen LogP contribution in [-0.2, 0) is 9.53 Å². The van der Waals surface area contributed by atoms with Crippen LogP contribution in [0.3, 0.4) is 0 Å². The first-order chi connectivity index (χ1) is 6.69. The van der Waals surface area contributed by atoms with Gasteiger partial charge in [-0.2, -0.15) is 13.2 Å². The Balaban J connectivity index is 4.57. The van der Waals surface area contributed by atoms with E-state index in [4.69, 9.17) is 0 Å². The van der Waals surface area contributed by atoms with E-state index in [9.17, 15) is 18.0 Å². The molecule has 0 unspecified atom stereocenters. The number of hydrogen-bond donors (Lipinski definition) is 0. The Hall–Kier alpha value is -0.780. The number of ether oxygens (including phenoxy) is 1. The molecule has 1 atom stereocenters. The van der Waals surface area contributed by atoms with Crippen molar-refractivity contribution in [3.05, 3.63) is 0 Å². The van der Waals surface area contributed by atoms with Crippen molar-refractivity contribution in [3.63, 3.8) is 0 Å². The molecule has 0 bridgehead atoms. The number of methoxy groups -OCH3 is 1. The molecule has 0 saturated heterocycles. The predicted octanol–water partition coefficient (Wildman–Crippen LogP) is 1.68. The Bertz CT molecular complexity index is 216. The Morgan fingerprint density at radius 2 is 1.87 bits per heavy atom. The van der Waals surface area contributed by atoms with Gasteiger partial charge >= 0.3 is 12.1 Å². The van der Waals surface area contributed by atoms with Crippen LogP contribution < -0.4 is 0 Å². The van der Waals surface area contributed by atoms with Gasteiger partial charge in [-0.05, 0) is 13.0 Å². The summed E-state index contributed by atoms with van der Waals surface area (Å²) in [5.74, 6) is -0.874. The lowest BCUT2D eigenvalue weighted by atomic mass is 10.0. The topological polar surface area (TPSA) is 29.5 Å². The number of likely N-dealkylation sites (N-methyl/N-ethyl adjacent to an activating group) is 1. The van der Waals surface area contributed by atoms with Crippen LogP contribution in [0.2, 0.25) is 0 Å². The minimum Gasteiger partial charge on any atom is -0.468 e. The zero-order chi connectivity index (χ0) is 12.2. The van der Waals surface area contributed by atoms with E-state index in [1.165, 1.54) is 14.2 Å². The number of rotatable bonds is 4. The summed E-state index contributed by atoms with van der Waals surface area (Å²) in [4.78, 5) is 12.2. The summed E-state index contributed by atoms with van der Waals surface area (Å²) in [6.45, 7) is 2.23. The summed E-state index contributed by atoms with van der Waals surface area (Å²) in [7, 11) is 2.42. The highest BCUT2D eigenvalue weighted by Crippen LogP contribution is 2.19. The molecular weight excluding hydrogens is 211 g/mol. The lowest BCUT2D eigenvalue weighted by Gasteiger charge is -2.29. The molecule has 15 heavy (non-hydrogen) atoms. The van der Waals surface area contributed by atoms with Gasteiger partial charge in [0.15, 0.2) is 0 Å². The molecule has 0 aliphatic heterocycles. The minimum atomic E-state index is -4.31. The van der Waals surface area contributed by atoms with Gasteiger partial charge in [-0.25, -0.2) is 0 Å². The molecule has 0 aliphatic rings. The average Bonchev–Trinajstić information content (AvgIpc) is 1.99. The minimum absolute atomic E-state index is 0.232. The SMILES string of the molecule is COC(=O)[C@H](C(C)C)N(C)CC(F)(F)F. The number of nitrogens with zero attached hydrogens (tertiary/aromatic N) is 1. The van der Waals surface area contributed by atoms with E-state index in [2.05, 4.69) is 4.74 Å². The van der Waals surface area contributed by atoms with Crippen LogP contribution in [0.4, 0.5) is 13.2 Å². The summed E-state index contributed by atoms with van der Waals surface area (Å²) >= 11 is 0. The molecule has 0 fully saturated rings. The first-order valence-electron chi connectivity index (χ1n) is 4.54. The summed E-state index contributed by atoms with van der Waals surface area (Å²) in [5.41, 5.74) is 0. The van der Waals surface area contributed by atoms with Gasteiger partial charge in [-0.1, -0.05) is 13.8 Å². The molecular formula is C9H16F3NO2. The van der Waals surface area contributed by atoms with Crippen LogP contribution in [0.15, 0.2) is 0 Å². The maximum absolute atomic E-state index is 12.1. The molecule has 0 N–H and O–H groups in total. The predicted molar refractivity (Wildman–Crippen MR) is 49.3 cm³/mol. The molecule has 0 saturated carbocycles. The van der Waals surface area contributed by atoms with Gasteiger partial charge in [0.25, 0.3) is 0 Å². The smallest absolute Gasteiger partial charge is 0.401 e. The fourth-order valence-electron chi connectivity index (χ4n) is 1.46. The van der Waals surface area contributed by atoms with E-state index >= 15 is 0 Å². The normalized spacial score (nSPS) is 14.5. The van der Waals surface area contributed by atoms with E-state index < -0.39 is 24.7 Å². The third-order valence-corrected chi connectivity index (χ3v) is 1.98. The van der Waals surface area contributed by atoms with Crippen molar-refractivity contribution in [3.8, 4) is 0 Å². The largest absolute Gasteiger partial charge is 0.468 e. The molecule has 6 heteroatoms. The molecule has 0 rings (SSSR count). The fourth-order valence-corrected chi connectivity index (χ4v) is 1.46. The molecule has 0 aromatic heterocycles. The highest BCUT2D eigenvalue weighted by molar-refractivity contribution is 5.75. The summed E-state index contributed by atoms with van der Waals surface area (Å²) in [5, 5.41) is 0. The quantitative estimate of drug-likeness (QED) is 0.684. The summed E-state index contributed by atoms with van der Waals surface area (Å²) in [6, 6.07) is -0.864. The zero-order valence-electron chi connectivity index (χ0n) is 9.26. The van der Waals surface area contributed by atoms with E-state index in [0.717, 1.165) is 4.90 Å². The number of halogens is 3. The second-order valence-corrected chi connectivity index (χ2v) is 3.74. The molecule has 0 amide bonds. The molecule has 0 aromatic rings. The first kappa shape index (κ1) is 14.2. The van der Waals surface area contributed by atoms with Crippen molar-refractivity contribution in [1.82, 2.24) is 4.90 Å². The first-order valence-corrected chi connectivity index (χ1v) is 4.54. The lowest BCUT2D eigenvalue weighted by Crippen LogP contribution is -2.46. The maximum Gasteiger partial charge on any atom is 0.401 e. The van der Waals surface area contributed by atoms with Crippen LogP contribution in [0.1, 0.15) is 13.8 Å². The molecule has 3 nitrogen and oxygen atoms in total. The van der Waals surface area contributed by atoms with Gasteiger partial charge < -0.3 is 4.74 Å². The number of esters is 1. The van der Waals surface area contributed by atoms with Gasteiger partial charge in [-0.3, -0.25) is 9.69 Å². The van der Waals surface area contributed by atoms with Crippen molar-refractivity contribution < 1.29 is 22.7 Å². The van der Waals surface area contributed by atoms with E-state index in [1.807, 2.05) is 0 Å². The monoisotopic (exact) mass is 227 g/mol. The average molecular weight is 227 g/mol. The Morgan fingerprint density at radius 1 is 1.40 bits per heavy atom. The van der Waals surface area contributed by atoms with E-state index in [1.54, 1.807) is 13.8 Å². The number of alkyl halides is 3. The van der Waals surface area contributed by atoms with Crippen LogP contribution in [0, 0.1) is 5.92 Å². The number of carbonyl (C=O) groups is 1. The Kier molecular flexibility index (Phi) is 5.07. The van der Waals surface area contributed by atoms with Crippen molar-refractivity contribution in [1.29, 1.82) is 0 Å². The van der Waals surface area contributed by atoms with Crippen LogP contribution in [0.25, 0.3) is 0 Å². The number of hydrogen-bond acceptors (Lipinski definition) is 3. The summed E-state index contributed by atoms with van der Waals surface area (Å²) < 4.78 is 40.8. The van der Waals surface area contributed by atoms with Crippen LogP contribution in [-0.4, -0.2) is 43.8 Å². The van der Waals surface area contributed by atoms with Gasteiger partial charge in [-0.15, -0.1) is 0 Å². The van der Waals surface area contributed by atoms with Gasteiger partial charge in [0, 0.05) is 0 Å². The third-order valence-electron chi connectivity index (χ3n) is 1.98. The zero-order valence-corrected chi connectivity index (χ0v) is 9.26. The molecule has 0 heterocycles. The van der Waals surface area contributed by atoms with Crippen LogP contribution >= 0.6 is 0 Å². The lowest BCUT2D eigenvalue weighted by molar-refractivity contribution is -0.163. The van der Waals surface area contributed by atoms with E-state index in [0.29, 0.717) is 0 Å².